The second-order valence-electron chi connectivity index (χ2n) is 7.75. The van der Waals surface area contributed by atoms with Gasteiger partial charge in [-0.3, -0.25) is 4.79 Å². The average molecular weight is 348 g/mol. The summed E-state index contributed by atoms with van der Waals surface area (Å²) in [7, 11) is 0. The standard InChI is InChI=1S/C18H22BrNO/c19-15-6-14(1-2-16(15)20)17(21)10-18-7-11-3-12(8-18)5-13(4-11)9-18/h1-2,6,11-13H,3-5,7-10,20H2. The molecule has 0 heterocycles. The van der Waals surface area contributed by atoms with Gasteiger partial charge in [0, 0.05) is 22.1 Å². The number of rotatable bonds is 3. The Balaban J connectivity index is 1.55. The van der Waals surface area contributed by atoms with Crippen molar-refractivity contribution in [2.75, 3.05) is 5.73 Å². The molecule has 112 valence electrons. The Kier molecular flexibility index (Phi) is 3.18. The maximum Gasteiger partial charge on any atom is 0.163 e. The van der Waals surface area contributed by atoms with E-state index in [4.69, 9.17) is 5.73 Å². The second-order valence-corrected chi connectivity index (χ2v) is 8.61. The van der Waals surface area contributed by atoms with Crippen LogP contribution in [0.1, 0.15) is 55.3 Å². The minimum absolute atomic E-state index is 0.303. The first-order valence-electron chi connectivity index (χ1n) is 8.11. The Morgan fingerprint density at radius 3 is 2.24 bits per heavy atom. The molecule has 3 heteroatoms. The molecule has 2 N–H and O–H groups in total. The van der Waals surface area contributed by atoms with Gasteiger partial charge in [0.25, 0.3) is 0 Å². The highest BCUT2D eigenvalue weighted by atomic mass is 79.9. The van der Waals surface area contributed by atoms with Crippen molar-refractivity contribution < 1.29 is 4.79 Å². The first-order valence-corrected chi connectivity index (χ1v) is 8.90. The molecule has 0 radical (unpaired) electrons. The summed E-state index contributed by atoms with van der Waals surface area (Å²) in [4.78, 5) is 12.7. The van der Waals surface area contributed by atoms with Crippen molar-refractivity contribution in [2.45, 2.75) is 44.9 Å². The molecule has 2 nitrogen and oxygen atoms in total. The molecule has 21 heavy (non-hydrogen) atoms. The normalized spacial score (nSPS) is 36.9. The van der Waals surface area contributed by atoms with Gasteiger partial charge < -0.3 is 5.73 Å². The van der Waals surface area contributed by atoms with Crippen molar-refractivity contribution in [1.29, 1.82) is 0 Å². The fraction of sp³-hybridized carbons (Fsp3) is 0.611. The molecule has 0 unspecified atom stereocenters. The molecule has 1 aromatic rings. The van der Waals surface area contributed by atoms with Gasteiger partial charge in [-0.05, 0) is 95.8 Å². The summed E-state index contributed by atoms with van der Waals surface area (Å²) in [5, 5.41) is 0. The van der Waals surface area contributed by atoms with Crippen LogP contribution in [0.4, 0.5) is 5.69 Å². The highest BCUT2D eigenvalue weighted by Gasteiger charge is 2.51. The zero-order valence-electron chi connectivity index (χ0n) is 12.3. The van der Waals surface area contributed by atoms with Crippen LogP contribution in [0.25, 0.3) is 0 Å². The quantitative estimate of drug-likeness (QED) is 0.629. The van der Waals surface area contributed by atoms with E-state index in [0.29, 0.717) is 16.9 Å². The van der Waals surface area contributed by atoms with Crippen LogP contribution in [0.5, 0.6) is 0 Å². The number of benzene rings is 1. The minimum Gasteiger partial charge on any atom is -0.398 e. The van der Waals surface area contributed by atoms with E-state index in [0.717, 1.165) is 34.2 Å². The highest BCUT2D eigenvalue weighted by molar-refractivity contribution is 9.10. The summed E-state index contributed by atoms with van der Waals surface area (Å²) in [5.74, 6) is 3.02. The number of hydrogen-bond donors (Lipinski definition) is 1. The highest BCUT2D eigenvalue weighted by Crippen LogP contribution is 2.61. The summed E-state index contributed by atoms with van der Waals surface area (Å²) in [6.45, 7) is 0. The molecule has 4 bridgehead atoms. The van der Waals surface area contributed by atoms with Crippen molar-refractivity contribution >= 4 is 27.4 Å². The topological polar surface area (TPSA) is 43.1 Å². The fourth-order valence-corrected chi connectivity index (χ4v) is 6.03. The molecule has 0 aliphatic heterocycles. The van der Waals surface area contributed by atoms with Crippen molar-refractivity contribution in [3.05, 3.63) is 28.2 Å². The Hall–Kier alpha value is -0.830. The van der Waals surface area contributed by atoms with Gasteiger partial charge in [0.1, 0.15) is 0 Å². The number of Topliss-reactive ketones (excluding diaryl/α,β-unsaturated/α-hetero) is 1. The molecular formula is C18H22BrNO. The third kappa shape index (κ3) is 2.44. The van der Waals surface area contributed by atoms with Crippen LogP contribution in [0.15, 0.2) is 22.7 Å². The number of carbonyl (C=O) groups is 1. The maximum absolute atomic E-state index is 12.7. The van der Waals surface area contributed by atoms with Gasteiger partial charge in [0.15, 0.2) is 5.78 Å². The largest absolute Gasteiger partial charge is 0.398 e. The Bertz CT molecular complexity index is 560. The van der Waals surface area contributed by atoms with E-state index in [1.807, 2.05) is 18.2 Å². The first kappa shape index (κ1) is 13.8. The summed E-state index contributed by atoms with van der Waals surface area (Å²) >= 11 is 3.43. The number of anilines is 1. The molecule has 0 amide bonds. The number of hydrogen-bond acceptors (Lipinski definition) is 2. The summed E-state index contributed by atoms with van der Waals surface area (Å²) in [6, 6.07) is 5.60. The van der Waals surface area contributed by atoms with E-state index in [9.17, 15) is 4.79 Å². The summed E-state index contributed by atoms with van der Waals surface area (Å²) < 4.78 is 0.832. The molecule has 0 aromatic heterocycles. The molecule has 4 fully saturated rings. The second kappa shape index (κ2) is 4.84. The van der Waals surface area contributed by atoms with Crippen LogP contribution in [-0.4, -0.2) is 5.78 Å². The monoisotopic (exact) mass is 347 g/mol. The zero-order chi connectivity index (χ0) is 14.6. The van der Waals surface area contributed by atoms with Gasteiger partial charge in [-0.15, -0.1) is 0 Å². The van der Waals surface area contributed by atoms with Crippen molar-refractivity contribution in [2.24, 2.45) is 23.2 Å². The van der Waals surface area contributed by atoms with Gasteiger partial charge >= 0.3 is 0 Å². The van der Waals surface area contributed by atoms with Gasteiger partial charge in [-0.25, -0.2) is 0 Å². The van der Waals surface area contributed by atoms with E-state index in [1.165, 1.54) is 38.5 Å². The Morgan fingerprint density at radius 1 is 1.14 bits per heavy atom. The predicted octanol–water partition coefficient (Wildman–Crippen LogP) is 4.82. The lowest BCUT2D eigenvalue weighted by atomic mass is 9.48. The van der Waals surface area contributed by atoms with Crippen molar-refractivity contribution in [3.8, 4) is 0 Å². The Labute approximate surface area is 134 Å². The molecule has 1 aromatic carbocycles. The van der Waals surface area contributed by atoms with E-state index in [2.05, 4.69) is 15.9 Å². The summed E-state index contributed by atoms with van der Waals surface area (Å²) in [6.07, 6.45) is 8.91. The maximum atomic E-state index is 12.7. The van der Waals surface area contributed by atoms with Crippen LogP contribution < -0.4 is 5.73 Å². The van der Waals surface area contributed by atoms with Gasteiger partial charge in [-0.2, -0.15) is 0 Å². The third-order valence-electron chi connectivity index (χ3n) is 6.02. The lowest BCUT2D eigenvalue weighted by Gasteiger charge is -2.56. The van der Waals surface area contributed by atoms with Crippen LogP contribution >= 0.6 is 15.9 Å². The molecule has 4 aliphatic rings. The zero-order valence-corrected chi connectivity index (χ0v) is 13.9. The first-order chi connectivity index (χ1) is 10.0. The SMILES string of the molecule is Nc1ccc(C(=O)CC23CC4CC(CC(C4)C2)C3)cc1Br. The molecule has 0 atom stereocenters. The van der Waals surface area contributed by atoms with Crippen LogP contribution in [0.2, 0.25) is 0 Å². The predicted molar refractivity (Wildman–Crippen MR) is 88.1 cm³/mol. The molecular weight excluding hydrogens is 326 g/mol. The van der Waals surface area contributed by atoms with Crippen LogP contribution in [0.3, 0.4) is 0 Å². The summed E-state index contributed by atoms with van der Waals surface area (Å²) in [5.41, 5.74) is 7.65. The molecule has 4 aliphatic carbocycles. The van der Waals surface area contributed by atoms with Gasteiger partial charge in [-0.1, -0.05) is 0 Å². The molecule has 0 spiro atoms. The number of ketones is 1. The number of nitrogens with two attached hydrogens (primary N) is 1. The van der Waals surface area contributed by atoms with Crippen molar-refractivity contribution in [3.63, 3.8) is 0 Å². The van der Waals surface area contributed by atoms with E-state index < -0.39 is 0 Å². The number of nitrogen functional groups attached to an aromatic ring is 1. The molecule has 4 saturated carbocycles. The van der Waals surface area contributed by atoms with Crippen molar-refractivity contribution in [1.82, 2.24) is 0 Å². The average Bonchev–Trinajstić information content (AvgIpc) is 2.39. The smallest absolute Gasteiger partial charge is 0.163 e. The fourth-order valence-electron chi connectivity index (χ4n) is 5.65. The van der Waals surface area contributed by atoms with Crippen LogP contribution in [0, 0.1) is 23.2 Å². The van der Waals surface area contributed by atoms with Crippen LogP contribution in [-0.2, 0) is 0 Å². The lowest BCUT2D eigenvalue weighted by molar-refractivity contribution is -0.0524. The van der Waals surface area contributed by atoms with Gasteiger partial charge in [0.2, 0.25) is 0 Å². The van der Waals surface area contributed by atoms with E-state index in [1.54, 1.807) is 0 Å². The van der Waals surface area contributed by atoms with E-state index in [-0.39, 0.29) is 0 Å². The molecule has 0 saturated heterocycles. The molecule has 5 rings (SSSR count). The van der Waals surface area contributed by atoms with Gasteiger partial charge in [0.05, 0.1) is 0 Å². The third-order valence-corrected chi connectivity index (χ3v) is 6.71. The Morgan fingerprint density at radius 2 is 1.71 bits per heavy atom. The number of carbonyl (C=O) groups excluding carboxylic acids is 1. The minimum atomic E-state index is 0.303. The van der Waals surface area contributed by atoms with E-state index >= 15 is 0 Å². The number of halogens is 1. The lowest BCUT2D eigenvalue weighted by Crippen LogP contribution is -2.46.